The summed E-state index contributed by atoms with van der Waals surface area (Å²) in [5.74, 6) is 0. The Bertz CT molecular complexity index is 335. The molecule has 2 unspecified atom stereocenters. The third kappa shape index (κ3) is 5.38. The third-order valence-electron chi connectivity index (χ3n) is 3.62. The van der Waals surface area contributed by atoms with E-state index in [0.29, 0.717) is 29.8 Å². The minimum Gasteiger partial charge on any atom is -0.748 e. The van der Waals surface area contributed by atoms with E-state index in [0.717, 1.165) is 12.8 Å². The van der Waals surface area contributed by atoms with Crippen LogP contribution in [-0.2, 0) is 10.1 Å². The van der Waals surface area contributed by atoms with Crippen molar-refractivity contribution in [3.05, 3.63) is 0 Å². The van der Waals surface area contributed by atoms with E-state index < -0.39 is 15.4 Å². The summed E-state index contributed by atoms with van der Waals surface area (Å²) in [6, 6.07) is 0. The van der Waals surface area contributed by atoms with Crippen molar-refractivity contribution in [1.82, 2.24) is 0 Å². The van der Waals surface area contributed by atoms with E-state index in [4.69, 9.17) is 0 Å². The van der Waals surface area contributed by atoms with Crippen LogP contribution < -0.4 is 29.6 Å². The molecule has 3 nitrogen and oxygen atoms in total. The maximum atomic E-state index is 11.1. The Morgan fingerprint density at radius 3 is 2.00 bits per heavy atom. The van der Waals surface area contributed by atoms with E-state index in [1.165, 1.54) is 0 Å². The molecule has 0 amide bonds. The van der Waals surface area contributed by atoms with Gasteiger partial charge in [0.1, 0.15) is 0 Å². The topological polar surface area (TPSA) is 57.2 Å². The van der Waals surface area contributed by atoms with Gasteiger partial charge in [0.15, 0.2) is 0 Å². The fraction of sp³-hybridized carbons (Fsp3) is 1.00. The van der Waals surface area contributed by atoms with E-state index in [1.54, 1.807) is 0 Å². The monoisotopic (exact) mass is 302 g/mol. The van der Waals surface area contributed by atoms with Crippen molar-refractivity contribution < 1.29 is 42.5 Å². The van der Waals surface area contributed by atoms with Crippen molar-refractivity contribution in [2.45, 2.75) is 75.6 Å². The standard InChI is InChI=1S/C12H25O3PS.Na/c1-9(2)16(10(3)4)11-6-5-7-12(8-11)17(13,14)15;/h9-12H,5-8H2,1-4H3,(H,13,14,15);/q;+1/p-1. The van der Waals surface area contributed by atoms with Gasteiger partial charge in [-0.1, -0.05) is 42.0 Å². The molecule has 1 aliphatic rings. The summed E-state index contributed by atoms with van der Waals surface area (Å²) in [6.07, 6.45) is 3.18. The Labute approximate surface area is 135 Å². The summed E-state index contributed by atoms with van der Waals surface area (Å²) in [5, 5.41) is -0.622. The van der Waals surface area contributed by atoms with Crippen molar-refractivity contribution in [3.8, 4) is 0 Å². The average Bonchev–Trinajstić information content (AvgIpc) is 2.15. The average molecular weight is 302 g/mol. The van der Waals surface area contributed by atoms with Crippen LogP contribution in [0.25, 0.3) is 0 Å². The van der Waals surface area contributed by atoms with Gasteiger partial charge in [-0.15, -0.1) is 0 Å². The molecular formula is C12H24NaO3PS. The van der Waals surface area contributed by atoms with Crippen LogP contribution >= 0.6 is 7.92 Å². The summed E-state index contributed by atoms with van der Waals surface area (Å²) in [6.45, 7) is 8.89. The smallest absolute Gasteiger partial charge is 0.748 e. The van der Waals surface area contributed by atoms with Gasteiger partial charge in [0.05, 0.1) is 15.4 Å². The molecule has 18 heavy (non-hydrogen) atoms. The fourth-order valence-corrected chi connectivity index (χ4v) is 8.02. The van der Waals surface area contributed by atoms with Crippen LogP contribution in [0, 0.1) is 0 Å². The zero-order valence-corrected chi connectivity index (χ0v) is 15.9. The van der Waals surface area contributed by atoms with Crippen LogP contribution in [0.15, 0.2) is 0 Å². The minimum atomic E-state index is -4.08. The van der Waals surface area contributed by atoms with E-state index >= 15 is 0 Å². The molecule has 0 bridgehead atoms. The molecule has 0 radical (unpaired) electrons. The number of hydrogen-bond donors (Lipinski definition) is 0. The molecule has 0 aromatic heterocycles. The second kappa shape index (κ2) is 7.95. The van der Waals surface area contributed by atoms with Crippen LogP contribution in [0.4, 0.5) is 0 Å². The van der Waals surface area contributed by atoms with Crippen LogP contribution in [0.1, 0.15) is 53.4 Å². The summed E-state index contributed by atoms with van der Waals surface area (Å²) >= 11 is 0. The zero-order chi connectivity index (χ0) is 13.2. The molecule has 0 spiro atoms. The quantitative estimate of drug-likeness (QED) is 0.422. The van der Waals surface area contributed by atoms with Crippen LogP contribution in [-0.4, -0.2) is 35.2 Å². The second-order valence-corrected chi connectivity index (χ2v) is 10.9. The normalized spacial score (nSPS) is 25.6. The second-order valence-electron chi connectivity index (χ2n) is 5.57. The van der Waals surface area contributed by atoms with Gasteiger partial charge in [0, 0.05) is 0 Å². The van der Waals surface area contributed by atoms with Crippen molar-refractivity contribution in [2.75, 3.05) is 0 Å². The molecule has 102 valence electrons. The zero-order valence-electron chi connectivity index (χ0n) is 12.2. The Hall–Kier alpha value is 1.34. The molecule has 2 atom stereocenters. The van der Waals surface area contributed by atoms with E-state index in [9.17, 15) is 13.0 Å². The number of rotatable bonds is 4. The van der Waals surface area contributed by atoms with E-state index in [-0.39, 0.29) is 37.5 Å². The fourth-order valence-electron chi connectivity index (χ4n) is 3.09. The molecule has 0 heterocycles. The minimum absolute atomic E-state index is 0. The molecule has 0 N–H and O–H groups in total. The van der Waals surface area contributed by atoms with E-state index in [2.05, 4.69) is 27.7 Å². The van der Waals surface area contributed by atoms with Crippen molar-refractivity contribution in [1.29, 1.82) is 0 Å². The van der Waals surface area contributed by atoms with Crippen LogP contribution in [0.2, 0.25) is 0 Å². The van der Waals surface area contributed by atoms with Gasteiger partial charge in [-0.05, 0) is 36.2 Å². The van der Waals surface area contributed by atoms with E-state index in [1.807, 2.05) is 0 Å². The molecule has 1 rings (SSSR count). The first-order valence-corrected chi connectivity index (χ1v) is 9.47. The van der Waals surface area contributed by atoms with Gasteiger partial charge in [-0.3, -0.25) is 0 Å². The van der Waals surface area contributed by atoms with Crippen LogP contribution in [0.5, 0.6) is 0 Å². The predicted molar refractivity (Wildman–Crippen MR) is 72.9 cm³/mol. The molecule has 1 fully saturated rings. The molecule has 0 saturated heterocycles. The van der Waals surface area contributed by atoms with Gasteiger partial charge in [-0.2, -0.15) is 0 Å². The Morgan fingerprint density at radius 1 is 1.11 bits per heavy atom. The third-order valence-corrected chi connectivity index (χ3v) is 8.56. The molecule has 0 aliphatic heterocycles. The van der Waals surface area contributed by atoms with Gasteiger partial charge in [0.2, 0.25) is 0 Å². The largest absolute Gasteiger partial charge is 1.00 e. The molecular weight excluding hydrogens is 278 g/mol. The maximum Gasteiger partial charge on any atom is 1.00 e. The summed E-state index contributed by atoms with van der Waals surface area (Å²) in [7, 11) is -4.26. The predicted octanol–water partition coefficient (Wildman–Crippen LogP) is 0.146. The van der Waals surface area contributed by atoms with Crippen molar-refractivity contribution >= 4 is 18.0 Å². The SMILES string of the molecule is CC(C)P(C(C)C)C1CCCC(S(=O)(=O)[O-])C1.[Na+]. The van der Waals surface area contributed by atoms with Gasteiger partial charge >= 0.3 is 29.6 Å². The first kappa shape index (κ1) is 19.3. The molecule has 6 heteroatoms. The Kier molecular flexibility index (Phi) is 8.54. The molecule has 0 aromatic carbocycles. The molecule has 1 saturated carbocycles. The first-order valence-electron chi connectivity index (χ1n) is 6.45. The van der Waals surface area contributed by atoms with Crippen molar-refractivity contribution in [3.63, 3.8) is 0 Å². The Balaban J connectivity index is 0.00000289. The summed E-state index contributed by atoms with van der Waals surface area (Å²) in [4.78, 5) is 0. The number of hydrogen-bond acceptors (Lipinski definition) is 3. The summed E-state index contributed by atoms with van der Waals surface area (Å²) < 4.78 is 33.4. The molecule has 1 aliphatic carbocycles. The first-order chi connectivity index (χ1) is 7.73. The van der Waals surface area contributed by atoms with Gasteiger partial charge in [0.25, 0.3) is 0 Å². The molecule has 0 aromatic rings. The van der Waals surface area contributed by atoms with Gasteiger partial charge < -0.3 is 4.55 Å². The Morgan fingerprint density at radius 2 is 1.61 bits per heavy atom. The maximum absolute atomic E-state index is 11.1. The van der Waals surface area contributed by atoms with Crippen LogP contribution in [0.3, 0.4) is 0 Å². The van der Waals surface area contributed by atoms with Crippen molar-refractivity contribution in [2.24, 2.45) is 0 Å². The summed E-state index contributed by atoms with van der Waals surface area (Å²) in [5.41, 5.74) is 1.69. The van der Waals surface area contributed by atoms with Gasteiger partial charge in [-0.25, -0.2) is 8.42 Å².